The number of nitrogens with zero attached hydrogens (tertiary/aromatic N) is 2. The maximum atomic E-state index is 13.9. The Bertz CT molecular complexity index is 957. The van der Waals surface area contributed by atoms with Crippen LogP contribution in [0.1, 0.15) is 44.2 Å². The number of piperidine rings is 1. The lowest BCUT2D eigenvalue weighted by Crippen LogP contribution is -2.74. The maximum absolute atomic E-state index is 13.9. The van der Waals surface area contributed by atoms with Crippen molar-refractivity contribution in [2.24, 2.45) is 28.7 Å². The number of carbonyl (C=O) groups excluding carboxylic acids is 1. The van der Waals surface area contributed by atoms with E-state index in [9.17, 15) is 4.79 Å². The fraction of sp³-hybridized carbons (Fsp3) is 0.500. The van der Waals surface area contributed by atoms with Crippen LogP contribution in [0.2, 0.25) is 0 Å². The molecular weight excluding hydrogens is 394 g/mol. The zero-order valence-corrected chi connectivity index (χ0v) is 19.3. The summed E-state index contributed by atoms with van der Waals surface area (Å²) in [6.07, 6.45) is 5.45. The van der Waals surface area contributed by atoms with Gasteiger partial charge in [-0.15, -0.1) is 0 Å². The van der Waals surface area contributed by atoms with Gasteiger partial charge >= 0.3 is 0 Å². The van der Waals surface area contributed by atoms with Crippen LogP contribution in [0, 0.1) is 23.7 Å². The van der Waals surface area contributed by atoms with Crippen molar-refractivity contribution in [3.05, 3.63) is 71.8 Å². The molecule has 3 heterocycles. The first-order valence-electron chi connectivity index (χ1n) is 12.2. The lowest BCUT2D eigenvalue weighted by molar-refractivity contribution is -0.145. The smallest absolute Gasteiger partial charge is 0.250 e. The molecule has 1 amide bonds. The molecule has 6 rings (SSSR count). The van der Waals surface area contributed by atoms with Gasteiger partial charge in [0.2, 0.25) is 5.91 Å². The minimum Gasteiger partial charge on any atom is -0.350 e. The summed E-state index contributed by atoms with van der Waals surface area (Å²) < 4.78 is 0. The monoisotopic (exact) mass is 429 g/mol. The van der Waals surface area contributed by atoms with Crippen LogP contribution in [0.3, 0.4) is 0 Å². The molecule has 3 aliphatic heterocycles. The van der Waals surface area contributed by atoms with Crippen molar-refractivity contribution in [3.63, 3.8) is 0 Å². The van der Waals surface area contributed by atoms with E-state index in [-0.39, 0.29) is 11.9 Å². The fourth-order valence-corrected chi connectivity index (χ4v) is 6.55. The van der Waals surface area contributed by atoms with Crippen molar-refractivity contribution in [2.45, 2.75) is 57.8 Å². The normalized spacial score (nSPS) is 31.1. The van der Waals surface area contributed by atoms with E-state index < -0.39 is 5.54 Å². The van der Waals surface area contributed by atoms with Crippen LogP contribution in [-0.4, -0.2) is 35.1 Å². The van der Waals surface area contributed by atoms with Gasteiger partial charge in [-0.05, 0) is 60.6 Å². The van der Waals surface area contributed by atoms with Crippen LogP contribution < -0.4 is 5.32 Å². The van der Waals surface area contributed by atoms with E-state index >= 15 is 0 Å². The largest absolute Gasteiger partial charge is 0.350 e. The second-order valence-electron chi connectivity index (χ2n) is 10.4. The number of carbonyl (C=O) groups is 1. The summed E-state index contributed by atoms with van der Waals surface area (Å²) in [6.45, 7) is 7.12. The Hall–Kier alpha value is -2.46. The third-order valence-electron chi connectivity index (χ3n) is 7.85. The molecule has 0 unspecified atom stereocenters. The zero-order chi connectivity index (χ0) is 22.1. The van der Waals surface area contributed by atoms with Gasteiger partial charge in [0.15, 0.2) is 5.54 Å². The van der Waals surface area contributed by atoms with E-state index in [2.05, 4.69) is 72.7 Å². The Kier molecular flexibility index (Phi) is 5.90. The van der Waals surface area contributed by atoms with E-state index in [4.69, 9.17) is 4.99 Å². The molecule has 2 fully saturated rings. The van der Waals surface area contributed by atoms with Crippen LogP contribution in [0.15, 0.2) is 65.7 Å². The molecule has 4 heteroatoms. The summed E-state index contributed by atoms with van der Waals surface area (Å²) in [7, 11) is 0. The average molecular weight is 430 g/mol. The number of nitrogens with one attached hydrogen (secondary N) is 1. The highest BCUT2D eigenvalue weighted by atomic mass is 16.2. The SMILES string of the molecule is CC(C)C[C@@H]1[C@@H]2C=N[C@@]3(C(=O)NCc4ccccc4)[C@H](CCN(Cc4ccccc4)[C@@H]13)C2. The summed E-state index contributed by atoms with van der Waals surface area (Å²) in [5.74, 6) is 2.05. The van der Waals surface area contributed by atoms with Crippen molar-refractivity contribution in [1.82, 2.24) is 10.2 Å². The van der Waals surface area contributed by atoms with Gasteiger partial charge in [-0.3, -0.25) is 14.7 Å². The molecule has 5 atom stereocenters. The van der Waals surface area contributed by atoms with Gasteiger partial charge in [-0.2, -0.15) is 0 Å². The van der Waals surface area contributed by atoms with Crippen LogP contribution in [0.4, 0.5) is 0 Å². The van der Waals surface area contributed by atoms with E-state index in [1.54, 1.807) is 0 Å². The second-order valence-corrected chi connectivity index (χ2v) is 10.4. The van der Waals surface area contributed by atoms with Crippen molar-refractivity contribution in [1.29, 1.82) is 0 Å². The first-order chi connectivity index (χ1) is 15.6. The molecule has 0 aromatic heterocycles. The van der Waals surface area contributed by atoms with Gasteiger partial charge in [-0.1, -0.05) is 74.5 Å². The minimum atomic E-state index is -0.657. The van der Waals surface area contributed by atoms with Crippen molar-refractivity contribution in [2.75, 3.05) is 6.54 Å². The molecule has 0 radical (unpaired) electrons. The second kappa shape index (κ2) is 8.82. The molecule has 4 aliphatic rings. The average Bonchev–Trinajstić information content (AvgIpc) is 2.82. The number of hydrogen-bond donors (Lipinski definition) is 1. The van der Waals surface area contributed by atoms with Crippen molar-refractivity contribution >= 4 is 12.1 Å². The molecule has 1 aliphatic carbocycles. The third-order valence-corrected chi connectivity index (χ3v) is 7.85. The van der Waals surface area contributed by atoms with Gasteiger partial charge < -0.3 is 5.32 Å². The third kappa shape index (κ3) is 3.79. The van der Waals surface area contributed by atoms with Gasteiger partial charge in [0, 0.05) is 25.3 Å². The molecule has 4 bridgehead atoms. The topological polar surface area (TPSA) is 44.7 Å². The van der Waals surface area contributed by atoms with E-state index in [0.717, 1.165) is 37.9 Å². The predicted octanol–water partition coefficient (Wildman–Crippen LogP) is 4.70. The number of hydrogen-bond acceptors (Lipinski definition) is 3. The van der Waals surface area contributed by atoms with E-state index in [1.165, 1.54) is 5.56 Å². The Morgan fingerprint density at radius 2 is 1.78 bits per heavy atom. The summed E-state index contributed by atoms with van der Waals surface area (Å²) >= 11 is 0. The quantitative estimate of drug-likeness (QED) is 0.693. The van der Waals surface area contributed by atoms with Crippen LogP contribution >= 0.6 is 0 Å². The molecule has 2 aromatic carbocycles. The maximum Gasteiger partial charge on any atom is 0.250 e. The molecule has 1 saturated carbocycles. The van der Waals surface area contributed by atoms with Gasteiger partial charge in [0.25, 0.3) is 0 Å². The Balaban J connectivity index is 1.47. The minimum absolute atomic E-state index is 0.122. The predicted molar refractivity (Wildman–Crippen MR) is 129 cm³/mol. The summed E-state index contributed by atoms with van der Waals surface area (Å²) in [5, 5.41) is 3.29. The molecule has 168 valence electrons. The molecule has 32 heavy (non-hydrogen) atoms. The Labute approximate surface area is 192 Å². The van der Waals surface area contributed by atoms with E-state index in [1.807, 2.05) is 18.2 Å². The standard InChI is InChI=1S/C28H35N3O/c1-20(2)15-25-23-16-24-13-14-31(19-22-11-7-4-8-12-22)26(25)28(24,30-18-23)27(32)29-17-21-9-5-3-6-10-21/h3-12,18,20,23-26H,13-17,19H2,1-2H3,(H,29,32)/t23-,24+,25+,26-,28-/m0/s1. The van der Waals surface area contributed by atoms with Gasteiger partial charge in [0.1, 0.15) is 0 Å². The summed E-state index contributed by atoms with van der Waals surface area (Å²) in [5.41, 5.74) is 1.80. The lowest BCUT2D eigenvalue weighted by Gasteiger charge is -2.61. The van der Waals surface area contributed by atoms with Crippen LogP contribution in [-0.2, 0) is 17.9 Å². The lowest BCUT2D eigenvalue weighted by atomic mass is 9.54. The fourth-order valence-electron chi connectivity index (χ4n) is 6.55. The molecule has 1 N–H and O–H groups in total. The van der Waals surface area contributed by atoms with Crippen LogP contribution in [0.25, 0.3) is 0 Å². The zero-order valence-electron chi connectivity index (χ0n) is 19.3. The van der Waals surface area contributed by atoms with Crippen molar-refractivity contribution in [3.8, 4) is 0 Å². The highest BCUT2D eigenvalue weighted by Gasteiger charge is 2.64. The first kappa shape index (κ1) is 21.4. The molecule has 0 spiro atoms. The number of likely N-dealkylation sites (tertiary alicyclic amines) is 1. The number of benzene rings is 2. The molecule has 1 saturated heterocycles. The molecule has 2 aromatic rings. The molecular formula is C28H35N3O. The number of aliphatic imine (C=N–C) groups is 1. The van der Waals surface area contributed by atoms with Crippen molar-refractivity contribution < 1.29 is 4.79 Å². The van der Waals surface area contributed by atoms with Gasteiger partial charge in [-0.25, -0.2) is 0 Å². The first-order valence-corrected chi connectivity index (χ1v) is 12.2. The summed E-state index contributed by atoms with van der Waals surface area (Å²) in [4.78, 5) is 21.6. The van der Waals surface area contributed by atoms with Gasteiger partial charge in [0.05, 0.1) is 0 Å². The number of amides is 1. The van der Waals surface area contributed by atoms with Crippen LogP contribution in [0.5, 0.6) is 0 Å². The highest BCUT2D eigenvalue weighted by Crippen LogP contribution is 2.54. The van der Waals surface area contributed by atoms with E-state index in [0.29, 0.717) is 30.2 Å². The Morgan fingerprint density at radius 1 is 1.09 bits per heavy atom. The Morgan fingerprint density at radius 3 is 2.47 bits per heavy atom. The summed E-state index contributed by atoms with van der Waals surface area (Å²) in [6, 6.07) is 21.1. The highest BCUT2D eigenvalue weighted by molar-refractivity contribution is 5.91. The number of rotatable bonds is 7. The molecule has 4 nitrogen and oxygen atoms in total.